The Morgan fingerprint density at radius 2 is 2.27 bits per heavy atom. The van der Waals surface area contributed by atoms with Crippen LogP contribution in [0.1, 0.15) is 0 Å². The second kappa shape index (κ2) is 5.40. The van der Waals surface area contributed by atoms with Gasteiger partial charge in [0.05, 0.1) is 19.8 Å². The molecule has 1 atom stereocenters. The fourth-order valence-electron chi connectivity index (χ4n) is 0.858. The van der Waals surface area contributed by atoms with Crippen molar-refractivity contribution in [1.29, 1.82) is 0 Å². The van der Waals surface area contributed by atoms with E-state index in [9.17, 15) is 13.2 Å². The first-order chi connectivity index (χ1) is 6.97. The second-order valence-electron chi connectivity index (χ2n) is 3.11. The zero-order valence-corrected chi connectivity index (χ0v) is 8.83. The maximum Gasteiger partial charge on any atom is 0.274 e. The van der Waals surface area contributed by atoms with Crippen molar-refractivity contribution in [3.05, 3.63) is 0 Å². The normalized spacial score (nSPS) is 19.9. The Hall–Kier alpha value is -0.700. The zero-order valence-electron chi connectivity index (χ0n) is 8.01. The van der Waals surface area contributed by atoms with Crippen molar-refractivity contribution in [3.8, 4) is 0 Å². The Morgan fingerprint density at radius 3 is 2.80 bits per heavy atom. The maximum absolute atomic E-state index is 10.8. The van der Waals surface area contributed by atoms with Crippen molar-refractivity contribution in [1.82, 2.24) is 5.32 Å². The van der Waals surface area contributed by atoms with Crippen LogP contribution in [-0.2, 0) is 24.4 Å². The van der Waals surface area contributed by atoms with Crippen LogP contribution in [0, 0.1) is 0 Å². The van der Waals surface area contributed by atoms with Gasteiger partial charge in [0.25, 0.3) is 10.1 Å². The summed E-state index contributed by atoms with van der Waals surface area (Å²) >= 11 is 0. The Labute approximate surface area is 87.5 Å². The topological polar surface area (TPSA) is 105 Å². The largest absolute Gasteiger partial charge is 0.377 e. The molecule has 2 N–H and O–H groups in total. The minimum Gasteiger partial charge on any atom is -0.377 e. The second-order valence-corrected chi connectivity index (χ2v) is 4.56. The summed E-state index contributed by atoms with van der Waals surface area (Å²) in [4.78, 5) is 10.8. The first kappa shape index (κ1) is 12.4. The lowest BCUT2D eigenvalue weighted by atomic mass is 10.5. The lowest BCUT2D eigenvalue weighted by molar-refractivity contribution is -0.118. The molecule has 1 heterocycles. The molecule has 88 valence electrons. The SMILES string of the molecule is O=C(CS(=O)(=O)O)NCCOCC1CO1. The van der Waals surface area contributed by atoms with Gasteiger partial charge < -0.3 is 14.8 Å². The quantitative estimate of drug-likeness (QED) is 0.315. The molecule has 8 heteroatoms. The number of epoxide rings is 1. The van der Waals surface area contributed by atoms with Crippen LogP contribution in [0.25, 0.3) is 0 Å². The number of hydrogen-bond donors (Lipinski definition) is 2. The Morgan fingerprint density at radius 1 is 1.60 bits per heavy atom. The van der Waals surface area contributed by atoms with E-state index in [1.807, 2.05) is 0 Å². The minimum atomic E-state index is -4.24. The summed E-state index contributed by atoms with van der Waals surface area (Å²) in [7, 11) is -4.24. The van der Waals surface area contributed by atoms with Crippen LogP contribution in [0.5, 0.6) is 0 Å². The molecule has 1 unspecified atom stereocenters. The predicted molar refractivity (Wildman–Crippen MR) is 50.0 cm³/mol. The van der Waals surface area contributed by atoms with Gasteiger partial charge in [-0.15, -0.1) is 0 Å². The van der Waals surface area contributed by atoms with Crippen molar-refractivity contribution in [3.63, 3.8) is 0 Å². The average molecular weight is 239 g/mol. The smallest absolute Gasteiger partial charge is 0.274 e. The van der Waals surface area contributed by atoms with Crippen LogP contribution >= 0.6 is 0 Å². The van der Waals surface area contributed by atoms with Crippen LogP contribution in [-0.4, -0.2) is 57.1 Å². The number of hydrogen-bond acceptors (Lipinski definition) is 5. The molecule has 0 aromatic carbocycles. The van der Waals surface area contributed by atoms with Gasteiger partial charge in [0.15, 0.2) is 5.75 Å². The number of nitrogens with one attached hydrogen (secondary N) is 1. The van der Waals surface area contributed by atoms with Crippen LogP contribution in [0.4, 0.5) is 0 Å². The number of ether oxygens (including phenoxy) is 2. The Bertz CT molecular complexity index is 309. The standard InChI is InChI=1S/C7H13NO6S/c9-7(5-15(10,11)12)8-1-2-13-3-6-4-14-6/h6H,1-5H2,(H,8,9)(H,10,11,12). The van der Waals surface area contributed by atoms with Gasteiger partial charge in [-0.2, -0.15) is 8.42 Å². The van der Waals surface area contributed by atoms with Crippen LogP contribution in [0.3, 0.4) is 0 Å². The Kier molecular flexibility index (Phi) is 4.45. The highest BCUT2D eigenvalue weighted by Gasteiger charge is 2.22. The number of rotatable bonds is 7. The summed E-state index contributed by atoms with van der Waals surface area (Å²) in [6.07, 6.45) is 0.165. The molecule has 15 heavy (non-hydrogen) atoms. The van der Waals surface area contributed by atoms with E-state index in [4.69, 9.17) is 14.0 Å². The molecule has 7 nitrogen and oxygen atoms in total. The summed E-state index contributed by atoms with van der Waals surface area (Å²) in [6.45, 7) is 1.68. The summed E-state index contributed by atoms with van der Waals surface area (Å²) in [5.41, 5.74) is 0. The molecule has 1 aliphatic rings. The van der Waals surface area contributed by atoms with Gasteiger partial charge in [0.1, 0.15) is 6.10 Å². The molecule has 0 spiro atoms. The number of carbonyl (C=O) groups excluding carboxylic acids is 1. The maximum atomic E-state index is 10.8. The molecule has 1 saturated heterocycles. The van der Waals surface area contributed by atoms with Gasteiger partial charge in [-0.25, -0.2) is 0 Å². The molecule has 1 rings (SSSR count). The van der Waals surface area contributed by atoms with Crippen LogP contribution in [0.15, 0.2) is 0 Å². The third-order valence-corrected chi connectivity index (χ3v) is 2.22. The van der Waals surface area contributed by atoms with Gasteiger partial charge in [0.2, 0.25) is 5.91 Å². The van der Waals surface area contributed by atoms with E-state index in [1.54, 1.807) is 0 Å². The third kappa shape index (κ3) is 7.25. The van der Waals surface area contributed by atoms with E-state index in [-0.39, 0.29) is 19.3 Å². The molecule has 1 fully saturated rings. The first-order valence-electron chi connectivity index (χ1n) is 4.38. The van der Waals surface area contributed by atoms with Crippen molar-refractivity contribution < 1.29 is 27.2 Å². The van der Waals surface area contributed by atoms with Crippen LogP contribution in [0.2, 0.25) is 0 Å². The van der Waals surface area contributed by atoms with Gasteiger partial charge in [0, 0.05) is 6.54 Å². The fourth-order valence-corrected chi connectivity index (χ4v) is 1.29. The van der Waals surface area contributed by atoms with Crippen LogP contribution < -0.4 is 5.32 Å². The van der Waals surface area contributed by atoms with Crippen molar-refractivity contribution in [2.24, 2.45) is 0 Å². The highest BCUT2D eigenvalue weighted by Crippen LogP contribution is 2.07. The summed E-state index contributed by atoms with van der Waals surface area (Å²) in [5, 5.41) is 2.29. The molecule has 1 aliphatic heterocycles. The highest BCUT2D eigenvalue weighted by molar-refractivity contribution is 7.86. The molecular formula is C7H13NO6S. The average Bonchev–Trinajstić information content (AvgIpc) is 2.83. The Balaban J connectivity index is 1.96. The lowest BCUT2D eigenvalue weighted by Crippen LogP contribution is -2.32. The van der Waals surface area contributed by atoms with Gasteiger partial charge >= 0.3 is 0 Å². The van der Waals surface area contributed by atoms with Crippen molar-refractivity contribution >= 4 is 16.0 Å². The summed E-state index contributed by atoms with van der Waals surface area (Å²) in [6, 6.07) is 0. The monoisotopic (exact) mass is 239 g/mol. The lowest BCUT2D eigenvalue weighted by Gasteiger charge is -2.04. The van der Waals surface area contributed by atoms with E-state index < -0.39 is 21.8 Å². The van der Waals surface area contributed by atoms with E-state index in [0.717, 1.165) is 0 Å². The third-order valence-electron chi connectivity index (χ3n) is 1.59. The molecule has 0 aliphatic carbocycles. The van der Waals surface area contributed by atoms with Gasteiger partial charge in [-0.3, -0.25) is 9.35 Å². The minimum absolute atomic E-state index is 0.165. The fraction of sp³-hybridized carbons (Fsp3) is 0.857. The summed E-state index contributed by atoms with van der Waals surface area (Å²) < 4.78 is 38.8. The van der Waals surface area contributed by atoms with E-state index in [0.29, 0.717) is 13.2 Å². The van der Waals surface area contributed by atoms with Crippen molar-refractivity contribution in [2.75, 3.05) is 32.1 Å². The zero-order chi connectivity index (χ0) is 11.3. The van der Waals surface area contributed by atoms with Crippen molar-refractivity contribution in [2.45, 2.75) is 6.10 Å². The van der Waals surface area contributed by atoms with E-state index in [2.05, 4.69) is 5.32 Å². The number of carbonyl (C=O) groups is 1. The van der Waals surface area contributed by atoms with Gasteiger partial charge in [-0.1, -0.05) is 0 Å². The van der Waals surface area contributed by atoms with Gasteiger partial charge in [-0.05, 0) is 0 Å². The van der Waals surface area contributed by atoms with E-state index >= 15 is 0 Å². The molecule has 0 aromatic rings. The highest BCUT2D eigenvalue weighted by atomic mass is 32.2. The predicted octanol–water partition coefficient (Wildman–Crippen LogP) is -1.59. The first-order valence-corrected chi connectivity index (χ1v) is 5.99. The molecular weight excluding hydrogens is 226 g/mol. The molecule has 1 amide bonds. The number of amides is 1. The molecule has 0 aromatic heterocycles. The molecule has 0 saturated carbocycles. The molecule has 0 bridgehead atoms. The summed E-state index contributed by atoms with van der Waals surface area (Å²) in [5.74, 6) is -1.66. The van der Waals surface area contributed by atoms with E-state index in [1.165, 1.54) is 0 Å². The molecule has 0 radical (unpaired) electrons.